The number of aromatic nitrogens is 1. The fraction of sp³-hybridized carbons (Fsp3) is 0.360. The van der Waals surface area contributed by atoms with Gasteiger partial charge in [0.2, 0.25) is 5.17 Å². The number of halogens is 3. The molecule has 1 saturated carbocycles. The number of benzene rings is 1. The molecule has 3 aliphatic rings. The average molecular weight is 500 g/mol. The minimum absolute atomic E-state index is 0.0396. The molecule has 182 valence electrons. The summed E-state index contributed by atoms with van der Waals surface area (Å²) in [5.41, 5.74) is 1.75. The molecule has 2 aliphatic heterocycles. The number of hydrazone groups is 1. The Bertz CT molecular complexity index is 1310. The number of amides is 1. The van der Waals surface area contributed by atoms with E-state index in [1.54, 1.807) is 36.6 Å². The van der Waals surface area contributed by atoms with Gasteiger partial charge in [-0.15, -0.1) is 0 Å². The number of thioether (sulfide) groups is 1. The molecule has 35 heavy (non-hydrogen) atoms. The van der Waals surface area contributed by atoms with Crippen molar-refractivity contribution in [2.24, 2.45) is 16.0 Å². The topological polar surface area (TPSA) is 73.8 Å². The van der Waals surface area contributed by atoms with E-state index in [1.807, 2.05) is 0 Å². The second kappa shape index (κ2) is 8.82. The third kappa shape index (κ3) is 4.35. The molecule has 6 nitrogen and oxygen atoms in total. The molecule has 0 atom stereocenters. The van der Waals surface area contributed by atoms with Crippen molar-refractivity contribution in [1.29, 1.82) is 5.41 Å². The second-order valence-electron chi connectivity index (χ2n) is 9.00. The van der Waals surface area contributed by atoms with Crippen LogP contribution in [-0.2, 0) is 11.0 Å². The fourth-order valence-electron chi connectivity index (χ4n) is 4.83. The monoisotopic (exact) mass is 499 g/mol. The molecule has 0 radical (unpaired) electrons. The van der Waals surface area contributed by atoms with E-state index in [1.165, 1.54) is 29.3 Å². The average Bonchev–Trinajstić information content (AvgIpc) is 3.37. The molecular weight excluding hydrogens is 475 g/mol. The van der Waals surface area contributed by atoms with Gasteiger partial charge in [-0.2, -0.15) is 28.3 Å². The molecule has 1 fully saturated rings. The first-order valence-electron chi connectivity index (χ1n) is 11.5. The number of nitrogens with zero attached hydrogens (tertiary/aromatic N) is 4. The van der Waals surface area contributed by atoms with Gasteiger partial charge in [0, 0.05) is 23.0 Å². The maximum absolute atomic E-state index is 13.2. The summed E-state index contributed by atoms with van der Waals surface area (Å²) in [6, 6.07) is 6.91. The van der Waals surface area contributed by atoms with E-state index >= 15 is 0 Å². The van der Waals surface area contributed by atoms with Crippen molar-refractivity contribution in [2.75, 3.05) is 0 Å². The molecule has 1 aromatic carbocycles. The summed E-state index contributed by atoms with van der Waals surface area (Å²) >= 11 is 1.37. The highest BCUT2D eigenvalue weighted by Crippen LogP contribution is 2.37. The first kappa shape index (κ1) is 23.6. The van der Waals surface area contributed by atoms with Gasteiger partial charge in [-0.3, -0.25) is 10.2 Å². The largest absolute Gasteiger partial charge is 0.416 e. The Kier molecular flexibility index (Phi) is 5.94. The SMILES string of the molecule is Cc1cc(/C=C2\C(=N)N3N=C(C4CCCCC4)SC3=NC2=O)c(C)n1-c1cccc(C(F)(F)F)c1. The number of aryl methyl sites for hydroxylation is 1. The molecule has 5 rings (SSSR count). The maximum atomic E-state index is 13.2. The lowest BCUT2D eigenvalue weighted by Crippen LogP contribution is -2.35. The predicted octanol–water partition coefficient (Wildman–Crippen LogP) is 6.31. The van der Waals surface area contributed by atoms with Crippen LogP contribution in [0.25, 0.3) is 11.8 Å². The minimum atomic E-state index is -4.44. The number of fused-ring (bicyclic) bond motifs is 1. The summed E-state index contributed by atoms with van der Waals surface area (Å²) in [6.07, 6.45) is 2.77. The van der Waals surface area contributed by atoms with Crippen molar-refractivity contribution >= 4 is 39.8 Å². The molecular formula is C25H24F3N5OS. The lowest BCUT2D eigenvalue weighted by atomic mass is 9.90. The van der Waals surface area contributed by atoms with Crippen LogP contribution in [0.4, 0.5) is 13.2 Å². The van der Waals surface area contributed by atoms with Crippen LogP contribution in [0.3, 0.4) is 0 Å². The number of hydrogen-bond donors (Lipinski definition) is 1. The van der Waals surface area contributed by atoms with Gasteiger partial charge in [0.25, 0.3) is 5.91 Å². The van der Waals surface area contributed by atoms with Gasteiger partial charge in [-0.05, 0) is 74.4 Å². The third-order valence-corrected chi connectivity index (χ3v) is 7.70. The molecule has 1 aromatic heterocycles. The number of carbonyl (C=O) groups excluding carboxylic acids is 1. The highest BCUT2D eigenvalue weighted by Gasteiger charge is 2.38. The Hall–Kier alpha value is -3.14. The highest BCUT2D eigenvalue weighted by atomic mass is 32.2. The van der Waals surface area contributed by atoms with E-state index in [0.717, 1.165) is 42.9 Å². The van der Waals surface area contributed by atoms with Crippen LogP contribution in [0.2, 0.25) is 0 Å². The summed E-state index contributed by atoms with van der Waals surface area (Å²) in [7, 11) is 0. The smallest absolute Gasteiger partial charge is 0.318 e. The second-order valence-corrected chi connectivity index (χ2v) is 9.99. The van der Waals surface area contributed by atoms with Crippen molar-refractivity contribution in [1.82, 2.24) is 9.58 Å². The molecule has 2 aromatic rings. The summed E-state index contributed by atoms with van der Waals surface area (Å²) in [5.74, 6) is -0.219. The fourth-order valence-corrected chi connectivity index (χ4v) is 5.89. The van der Waals surface area contributed by atoms with Crippen LogP contribution in [0.1, 0.15) is 54.6 Å². The Morgan fingerprint density at radius 2 is 1.89 bits per heavy atom. The first-order chi connectivity index (χ1) is 16.6. The zero-order valence-corrected chi connectivity index (χ0v) is 20.1. The molecule has 0 saturated heterocycles. The zero-order chi connectivity index (χ0) is 24.9. The van der Waals surface area contributed by atoms with Gasteiger partial charge in [-0.1, -0.05) is 25.3 Å². The van der Waals surface area contributed by atoms with Gasteiger partial charge in [0.15, 0.2) is 5.84 Å². The van der Waals surface area contributed by atoms with E-state index < -0.39 is 17.6 Å². The Balaban J connectivity index is 1.48. The molecule has 0 bridgehead atoms. The summed E-state index contributed by atoms with van der Waals surface area (Å²) < 4.78 is 41.4. The molecule has 0 spiro atoms. The Labute approximate surface area is 205 Å². The van der Waals surface area contributed by atoms with E-state index in [9.17, 15) is 18.0 Å². The van der Waals surface area contributed by atoms with Crippen molar-refractivity contribution in [3.8, 4) is 5.69 Å². The Morgan fingerprint density at radius 3 is 2.60 bits per heavy atom. The first-order valence-corrected chi connectivity index (χ1v) is 12.3. The summed E-state index contributed by atoms with van der Waals surface area (Å²) in [5, 5.41) is 16.0. The summed E-state index contributed by atoms with van der Waals surface area (Å²) in [4.78, 5) is 17.0. The molecule has 1 N–H and O–H groups in total. The van der Waals surface area contributed by atoms with Crippen LogP contribution in [0.5, 0.6) is 0 Å². The molecule has 1 aliphatic carbocycles. The molecule has 0 unspecified atom stereocenters. The lowest BCUT2D eigenvalue weighted by Gasteiger charge is -2.20. The number of amidine groups is 2. The maximum Gasteiger partial charge on any atom is 0.416 e. The van der Waals surface area contributed by atoms with Gasteiger partial charge in [0.1, 0.15) is 5.04 Å². The van der Waals surface area contributed by atoms with Crippen LogP contribution in [0.15, 0.2) is 46.0 Å². The number of aliphatic imine (C=N–C) groups is 1. The third-order valence-electron chi connectivity index (χ3n) is 6.63. The van der Waals surface area contributed by atoms with Gasteiger partial charge >= 0.3 is 6.18 Å². The van der Waals surface area contributed by atoms with Crippen molar-refractivity contribution in [3.63, 3.8) is 0 Å². The van der Waals surface area contributed by atoms with Crippen LogP contribution in [-0.4, -0.2) is 31.5 Å². The highest BCUT2D eigenvalue weighted by molar-refractivity contribution is 8.27. The van der Waals surface area contributed by atoms with Crippen molar-refractivity contribution < 1.29 is 18.0 Å². The van der Waals surface area contributed by atoms with Crippen LogP contribution >= 0.6 is 11.8 Å². The number of hydrogen-bond acceptors (Lipinski definition) is 4. The quantitative estimate of drug-likeness (QED) is 0.503. The minimum Gasteiger partial charge on any atom is -0.318 e. The molecule has 1 amide bonds. The number of carbonyl (C=O) groups is 1. The standard InChI is InChI=1S/C25H24F3N5OS/c1-14-11-17(15(2)32(14)19-10-6-9-18(13-19)25(26,27)28)12-20-21(29)33-24(30-22(20)34)35-23(31-33)16-7-4-3-5-8-16/h6,9-13,16,29H,3-5,7-8H2,1-2H3/b20-12+,29-21?. The van der Waals surface area contributed by atoms with E-state index in [2.05, 4.69) is 10.1 Å². The number of rotatable bonds is 3. The normalized spacial score (nSPS) is 20.4. The zero-order valence-electron chi connectivity index (χ0n) is 19.3. The number of alkyl halides is 3. The van der Waals surface area contributed by atoms with Crippen LogP contribution in [0, 0.1) is 25.2 Å². The lowest BCUT2D eigenvalue weighted by molar-refractivity contribution is -0.137. The van der Waals surface area contributed by atoms with E-state index in [0.29, 0.717) is 33.7 Å². The van der Waals surface area contributed by atoms with Gasteiger partial charge < -0.3 is 4.57 Å². The number of nitrogens with one attached hydrogen (secondary N) is 1. The van der Waals surface area contributed by atoms with Crippen molar-refractivity contribution in [2.45, 2.75) is 52.1 Å². The van der Waals surface area contributed by atoms with Crippen molar-refractivity contribution in [3.05, 3.63) is 58.4 Å². The Morgan fingerprint density at radius 1 is 1.14 bits per heavy atom. The van der Waals surface area contributed by atoms with Crippen LogP contribution < -0.4 is 0 Å². The van der Waals surface area contributed by atoms with Gasteiger partial charge in [0.05, 0.1) is 11.1 Å². The molecule has 3 heterocycles. The van der Waals surface area contributed by atoms with E-state index in [4.69, 9.17) is 5.41 Å². The van der Waals surface area contributed by atoms with E-state index in [-0.39, 0.29) is 11.4 Å². The summed E-state index contributed by atoms with van der Waals surface area (Å²) in [6.45, 7) is 3.56. The van der Waals surface area contributed by atoms with Gasteiger partial charge in [-0.25, -0.2) is 0 Å². The molecule has 10 heteroatoms. The predicted molar refractivity (Wildman–Crippen MR) is 132 cm³/mol.